The quantitative estimate of drug-likeness (QED) is 0.794. The van der Waals surface area contributed by atoms with Gasteiger partial charge in [-0.1, -0.05) is 15.9 Å². The van der Waals surface area contributed by atoms with E-state index in [9.17, 15) is 0 Å². The molecule has 0 radical (unpaired) electrons. The Bertz CT molecular complexity index is 355. The number of alkyl halides is 1. The second kappa shape index (κ2) is 4.99. The minimum absolute atomic E-state index is 0.566. The molecule has 4 nitrogen and oxygen atoms in total. The molecule has 0 amide bonds. The zero-order chi connectivity index (χ0) is 11.5. The molecule has 1 fully saturated rings. The van der Waals surface area contributed by atoms with E-state index in [1.54, 1.807) is 19.5 Å². The molecule has 5 heteroatoms. The van der Waals surface area contributed by atoms with Crippen LogP contribution >= 0.6 is 15.9 Å². The van der Waals surface area contributed by atoms with Crippen molar-refractivity contribution in [1.29, 1.82) is 0 Å². The van der Waals surface area contributed by atoms with Gasteiger partial charge < -0.3 is 9.64 Å². The fraction of sp³-hybridized carbons (Fsp3) is 0.636. The van der Waals surface area contributed by atoms with Crippen LogP contribution in [0.1, 0.15) is 12.8 Å². The van der Waals surface area contributed by atoms with Gasteiger partial charge >= 0.3 is 0 Å². The van der Waals surface area contributed by atoms with E-state index in [-0.39, 0.29) is 0 Å². The highest BCUT2D eigenvalue weighted by Crippen LogP contribution is 2.34. The van der Waals surface area contributed by atoms with Crippen LogP contribution in [0.25, 0.3) is 0 Å². The molecule has 0 unspecified atom stereocenters. The minimum Gasteiger partial charge on any atom is -0.480 e. The first-order valence-corrected chi connectivity index (χ1v) is 6.32. The molecule has 1 aromatic heterocycles. The van der Waals surface area contributed by atoms with Crippen molar-refractivity contribution in [2.75, 3.05) is 25.6 Å². The highest BCUT2D eigenvalue weighted by molar-refractivity contribution is 9.09. The predicted octanol–water partition coefficient (Wildman–Crippen LogP) is 2.09. The van der Waals surface area contributed by atoms with Gasteiger partial charge in [-0.05, 0) is 18.8 Å². The zero-order valence-electron chi connectivity index (χ0n) is 9.56. The van der Waals surface area contributed by atoms with Crippen molar-refractivity contribution in [2.45, 2.75) is 17.7 Å². The van der Waals surface area contributed by atoms with Crippen LogP contribution in [0.4, 0.5) is 5.82 Å². The van der Waals surface area contributed by atoms with E-state index < -0.39 is 0 Å². The van der Waals surface area contributed by atoms with Crippen LogP contribution in [-0.4, -0.2) is 35.5 Å². The van der Waals surface area contributed by atoms with Gasteiger partial charge in [0.15, 0.2) is 5.82 Å². The Morgan fingerprint density at radius 2 is 2.25 bits per heavy atom. The van der Waals surface area contributed by atoms with Crippen LogP contribution in [0.2, 0.25) is 0 Å². The largest absolute Gasteiger partial charge is 0.480 e. The first kappa shape index (κ1) is 11.6. The first-order chi connectivity index (χ1) is 7.69. The van der Waals surface area contributed by atoms with Crippen LogP contribution in [0.3, 0.4) is 0 Å². The molecular weight excluding hydrogens is 270 g/mol. The van der Waals surface area contributed by atoms with E-state index in [0.29, 0.717) is 10.7 Å². The summed E-state index contributed by atoms with van der Waals surface area (Å²) in [5, 5.41) is 0. The van der Waals surface area contributed by atoms with Crippen molar-refractivity contribution in [3.8, 4) is 5.88 Å². The molecule has 0 N–H and O–H groups in total. The lowest BCUT2D eigenvalue weighted by Crippen LogP contribution is -2.35. The molecule has 0 atom stereocenters. The summed E-state index contributed by atoms with van der Waals surface area (Å²) in [7, 11) is 3.65. The van der Waals surface area contributed by atoms with Gasteiger partial charge in [-0.2, -0.15) is 4.98 Å². The molecular formula is C11H16BrN3O. The maximum atomic E-state index is 5.06. The van der Waals surface area contributed by atoms with Crippen LogP contribution < -0.4 is 9.64 Å². The minimum atomic E-state index is 0.566. The highest BCUT2D eigenvalue weighted by atomic mass is 79.9. The molecule has 1 aliphatic carbocycles. The summed E-state index contributed by atoms with van der Waals surface area (Å²) in [5.41, 5.74) is 0. The van der Waals surface area contributed by atoms with E-state index in [0.717, 1.165) is 18.3 Å². The average molecular weight is 286 g/mol. The standard InChI is InChI=1S/C11H16BrN3O/c1-15(7-8-3-9(12)4-8)10-5-13-6-11(14-10)16-2/h5-6,8-9H,3-4,7H2,1-2H3. The lowest BCUT2D eigenvalue weighted by Gasteiger charge is -2.34. The third-order valence-corrected chi connectivity index (χ3v) is 3.66. The Morgan fingerprint density at radius 3 is 2.88 bits per heavy atom. The number of hydrogen-bond acceptors (Lipinski definition) is 4. The molecule has 1 saturated carbocycles. The summed E-state index contributed by atoms with van der Waals surface area (Å²) in [4.78, 5) is 11.3. The van der Waals surface area contributed by atoms with Crippen LogP contribution in [0.5, 0.6) is 5.88 Å². The molecule has 88 valence electrons. The average Bonchev–Trinajstić information content (AvgIpc) is 2.27. The maximum Gasteiger partial charge on any atom is 0.233 e. The normalized spacial score (nSPS) is 23.7. The Labute approximate surface area is 104 Å². The van der Waals surface area contributed by atoms with E-state index in [4.69, 9.17) is 4.74 Å². The molecule has 1 aromatic rings. The molecule has 0 aromatic carbocycles. The number of anilines is 1. The van der Waals surface area contributed by atoms with Crippen molar-refractivity contribution in [1.82, 2.24) is 9.97 Å². The second-order valence-corrected chi connectivity index (χ2v) is 5.53. The molecule has 0 spiro atoms. The molecule has 0 saturated heterocycles. The Morgan fingerprint density at radius 1 is 1.50 bits per heavy atom. The van der Waals surface area contributed by atoms with Crippen molar-refractivity contribution in [2.24, 2.45) is 5.92 Å². The number of hydrogen-bond donors (Lipinski definition) is 0. The van der Waals surface area contributed by atoms with Crippen molar-refractivity contribution in [3.05, 3.63) is 12.4 Å². The third-order valence-electron chi connectivity index (χ3n) is 2.91. The predicted molar refractivity (Wildman–Crippen MR) is 67.3 cm³/mol. The lowest BCUT2D eigenvalue weighted by molar-refractivity contribution is 0.338. The molecule has 1 aliphatic rings. The van der Waals surface area contributed by atoms with E-state index >= 15 is 0 Å². The van der Waals surface area contributed by atoms with Gasteiger partial charge in [0.2, 0.25) is 5.88 Å². The van der Waals surface area contributed by atoms with Gasteiger partial charge in [0.1, 0.15) is 0 Å². The first-order valence-electron chi connectivity index (χ1n) is 5.40. The smallest absolute Gasteiger partial charge is 0.233 e. The van der Waals surface area contributed by atoms with Gasteiger partial charge in [0.05, 0.1) is 19.5 Å². The van der Waals surface area contributed by atoms with Crippen LogP contribution in [-0.2, 0) is 0 Å². The van der Waals surface area contributed by atoms with Gasteiger partial charge in [-0.15, -0.1) is 0 Å². The number of nitrogens with zero attached hydrogens (tertiary/aromatic N) is 3. The Kier molecular flexibility index (Phi) is 3.63. The molecule has 16 heavy (non-hydrogen) atoms. The number of ether oxygens (including phenoxy) is 1. The fourth-order valence-electron chi connectivity index (χ4n) is 1.90. The Hall–Kier alpha value is -0.840. The van der Waals surface area contributed by atoms with Gasteiger partial charge in [-0.3, -0.25) is 4.98 Å². The SMILES string of the molecule is COc1cncc(N(C)CC2CC(Br)C2)n1. The Balaban J connectivity index is 1.94. The molecule has 0 aliphatic heterocycles. The van der Waals surface area contributed by atoms with Crippen molar-refractivity contribution >= 4 is 21.7 Å². The van der Waals surface area contributed by atoms with E-state index in [1.807, 2.05) is 7.05 Å². The topological polar surface area (TPSA) is 38.2 Å². The van der Waals surface area contributed by atoms with Gasteiger partial charge in [0.25, 0.3) is 0 Å². The molecule has 0 bridgehead atoms. The van der Waals surface area contributed by atoms with Gasteiger partial charge in [-0.25, -0.2) is 0 Å². The monoisotopic (exact) mass is 285 g/mol. The molecule has 1 heterocycles. The zero-order valence-corrected chi connectivity index (χ0v) is 11.1. The van der Waals surface area contributed by atoms with Crippen LogP contribution in [0.15, 0.2) is 12.4 Å². The third kappa shape index (κ3) is 2.64. The van der Waals surface area contributed by atoms with E-state index in [2.05, 4.69) is 30.8 Å². The number of methoxy groups -OCH3 is 1. The summed E-state index contributed by atoms with van der Waals surface area (Å²) in [6, 6.07) is 0. The summed E-state index contributed by atoms with van der Waals surface area (Å²) < 4.78 is 5.06. The second-order valence-electron chi connectivity index (χ2n) is 4.23. The summed E-state index contributed by atoms with van der Waals surface area (Å²) in [5.74, 6) is 2.20. The number of aromatic nitrogens is 2. The van der Waals surface area contributed by atoms with Gasteiger partial charge in [0, 0.05) is 18.4 Å². The number of halogens is 1. The summed E-state index contributed by atoms with van der Waals surface area (Å²) in [6.07, 6.45) is 5.89. The highest BCUT2D eigenvalue weighted by Gasteiger charge is 2.27. The van der Waals surface area contributed by atoms with Crippen molar-refractivity contribution < 1.29 is 4.74 Å². The molecule has 2 rings (SSSR count). The summed E-state index contributed by atoms with van der Waals surface area (Å²) >= 11 is 3.60. The van der Waals surface area contributed by atoms with Crippen LogP contribution in [0, 0.1) is 5.92 Å². The van der Waals surface area contributed by atoms with Crippen molar-refractivity contribution in [3.63, 3.8) is 0 Å². The fourth-order valence-corrected chi connectivity index (χ4v) is 2.96. The lowest BCUT2D eigenvalue weighted by atomic mass is 9.85. The maximum absolute atomic E-state index is 5.06. The van der Waals surface area contributed by atoms with E-state index in [1.165, 1.54) is 12.8 Å². The number of rotatable bonds is 4. The summed E-state index contributed by atoms with van der Waals surface area (Å²) in [6.45, 7) is 1.03.